The number of nitrogens with zero attached hydrogens (tertiary/aromatic N) is 2. The monoisotopic (exact) mass is 269 g/mol. The van der Waals surface area contributed by atoms with E-state index in [0.29, 0.717) is 18.7 Å². The molecule has 0 aliphatic rings. The number of aromatic nitrogens is 2. The number of ether oxygens (including phenoxy) is 1. The molecule has 1 aromatic heterocycles. The van der Waals surface area contributed by atoms with Crippen molar-refractivity contribution in [1.29, 1.82) is 0 Å². The lowest BCUT2D eigenvalue weighted by molar-refractivity contribution is -0.127. The second kappa shape index (κ2) is 7.49. The molecule has 0 fully saturated rings. The van der Waals surface area contributed by atoms with Gasteiger partial charge in [0, 0.05) is 32.5 Å². The van der Waals surface area contributed by atoms with Crippen LogP contribution in [0.4, 0.5) is 0 Å². The first kappa shape index (κ1) is 15.1. The van der Waals surface area contributed by atoms with Crippen molar-refractivity contribution in [3.63, 3.8) is 0 Å². The van der Waals surface area contributed by atoms with E-state index in [1.165, 1.54) is 6.20 Å². The van der Waals surface area contributed by atoms with E-state index in [-0.39, 0.29) is 12.5 Å². The van der Waals surface area contributed by atoms with Gasteiger partial charge in [0.25, 0.3) is 0 Å². The molecule has 1 heterocycles. The average molecular weight is 269 g/mol. The van der Waals surface area contributed by atoms with Gasteiger partial charge in [-0.05, 0) is 0 Å². The van der Waals surface area contributed by atoms with Crippen molar-refractivity contribution >= 4 is 11.8 Å². The van der Waals surface area contributed by atoms with E-state index in [0.717, 1.165) is 0 Å². The topological polar surface area (TPSA) is 111 Å². The summed E-state index contributed by atoms with van der Waals surface area (Å²) in [6.45, 7) is 0.714. The van der Waals surface area contributed by atoms with Gasteiger partial charge in [0.05, 0.1) is 19.3 Å². The molecular formula is C11H19N5O3. The fraction of sp³-hybridized carbons (Fsp3) is 0.545. The molecule has 0 aliphatic carbocycles. The quantitative estimate of drug-likeness (QED) is 0.511. The van der Waals surface area contributed by atoms with Gasteiger partial charge in [-0.15, -0.1) is 0 Å². The highest BCUT2D eigenvalue weighted by atomic mass is 16.5. The number of nitrogens with two attached hydrogens (primary N) is 1. The highest BCUT2D eigenvalue weighted by molar-refractivity contribution is 5.87. The van der Waals surface area contributed by atoms with Crippen molar-refractivity contribution in [2.24, 2.45) is 12.8 Å². The maximum Gasteiger partial charge on any atom is 0.242 e. The molecule has 1 rings (SSSR count). The third-order valence-electron chi connectivity index (χ3n) is 2.42. The molecule has 1 aromatic rings. The molecule has 0 spiro atoms. The number of carbonyl (C=O) groups excluding carboxylic acids is 2. The molecule has 0 saturated heterocycles. The van der Waals surface area contributed by atoms with E-state index in [9.17, 15) is 9.59 Å². The van der Waals surface area contributed by atoms with E-state index in [1.807, 2.05) is 0 Å². The molecule has 0 saturated carbocycles. The van der Waals surface area contributed by atoms with E-state index in [1.54, 1.807) is 25.0 Å². The number of rotatable bonds is 7. The Morgan fingerprint density at radius 3 is 2.84 bits per heavy atom. The zero-order chi connectivity index (χ0) is 14.3. The molecule has 8 heteroatoms. The van der Waals surface area contributed by atoms with Crippen molar-refractivity contribution in [3.05, 3.63) is 18.0 Å². The zero-order valence-corrected chi connectivity index (χ0v) is 11.0. The number of methoxy groups -OCH3 is 1. The molecule has 1 unspecified atom stereocenters. The summed E-state index contributed by atoms with van der Waals surface area (Å²) < 4.78 is 6.34. The summed E-state index contributed by atoms with van der Waals surface area (Å²) in [7, 11) is 3.28. The normalized spacial score (nSPS) is 11.9. The van der Waals surface area contributed by atoms with Gasteiger partial charge in [-0.1, -0.05) is 0 Å². The molecule has 0 bridgehead atoms. The van der Waals surface area contributed by atoms with Crippen molar-refractivity contribution < 1.29 is 14.3 Å². The number of hydrogen-bond acceptors (Lipinski definition) is 5. The van der Waals surface area contributed by atoms with Crippen molar-refractivity contribution in [2.75, 3.05) is 26.8 Å². The fourth-order valence-corrected chi connectivity index (χ4v) is 1.38. The number of hydrogen-bond donors (Lipinski definition) is 3. The van der Waals surface area contributed by atoms with Gasteiger partial charge in [-0.3, -0.25) is 14.3 Å². The lowest BCUT2D eigenvalue weighted by atomic mass is 10.1. The van der Waals surface area contributed by atoms with Gasteiger partial charge < -0.3 is 21.1 Å². The van der Waals surface area contributed by atoms with E-state index < -0.39 is 11.9 Å². The third kappa shape index (κ3) is 5.06. The van der Waals surface area contributed by atoms with Crippen LogP contribution in [0.5, 0.6) is 0 Å². The lowest BCUT2D eigenvalue weighted by Gasteiger charge is -2.10. The first-order valence-electron chi connectivity index (χ1n) is 5.82. The van der Waals surface area contributed by atoms with E-state index in [2.05, 4.69) is 15.7 Å². The summed E-state index contributed by atoms with van der Waals surface area (Å²) in [4.78, 5) is 23.1. The summed E-state index contributed by atoms with van der Waals surface area (Å²) in [6.07, 6.45) is 3.17. The van der Waals surface area contributed by atoms with Crippen LogP contribution in [0.25, 0.3) is 0 Å². The van der Waals surface area contributed by atoms with Gasteiger partial charge in [-0.25, -0.2) is 0 Å². The Labute approximate surface area is 111 Å². The Kier molecular flexibility index (Phi) is 5.97. The van der Waals surface area contributed by atoms with Gasteiger partial charge in [-0.2, -0.15) is 5.10 Å². The highest BCUT2D eigenvalue weighted by Crippen LogP contribution is 2.07. The predicted molar refractivity (Wildman–Crippen MR) is 68.0 cm³/mol. The van der Waals surface area contributed by atoms with Gasteiger partial charge in [0.1, 0.15) is 6.04 Å². The minimum atomic E-state index is -0.833. The molecule has 106 valence electrons. The predicted octanol–water partition coefficient (Wildman–Crippen LogP) is -1.70. The standard InChI is InChI=1S/C11H19N5O3/c1-16-7-8(5-15-16)10(12)11(18)14-6-9(17)13-3-4-19-2/h5,7,10H,3-4,6,12H2,1-2H3,(H,13,17)(H,14,18). The maximum atomic E-state index is 11.7. The minimum absolute atomic E-state index is 0.115. The first-order chi connectivity index (χ1) is 9.04. The smallest absolute Gasteiger partial charge is 0.242 e. The minimum Gasteiger partial charge on any atom is -0.383 e. The van der Waals surface area contributed by atoms with Crippen molar-refractivity contribution in [2.45, 2.75) is 6.04 Å². The molecule has 19 heavy (non-hydrogen) atoms. The fourth-order valence-electron chi connectivity index (χ4n) is 1.38. The third-order valence-corrected chi connectivity index (χ3v) is 2.42. The molecule has 0 aliphatic heterocycles. The van der Waals surface area contributed by atoms with Crippen LogP contribution in [0.3, 0.4) is 0 Å². The Morgan fingerprint density at radius 1 is 1.53 bits per heavy atom. The first-order valence-corrected chi connectivity index (χ1v) is 5.82. The summed E-state index contributed by atoms with van der Waals surface area (Å²) in [6, 6.07) is -0.833. The van der Waals surface area contributed by atoms with Crippen LogP contribution in [-0.4, -0.2) is 48.4 Å². The summed E-state index contributed by atoms with van der Waals surface area (Å²) in [5, 5.41) is 8.98. The summed E-state index contributed by atoms with van der Waals surface area (Å²) >= 11 is 0. The number of nitrogens with one attached hydrogen (secondary N) is 2. The number of carbonyl (C=O) groups is 2. The molecule has 4 N–H and O–H groups in total. The van der Waals surface area contributed by atoms with Crippen LogP contribution in [-0.2, 0) is 21.4 Å². The molecule has 1 atom stereocenters. The Hall–Kier alpha value is -1.93. The van der Waals surface area contributed by atoms with Crippen LogP contribution in [0.15, 0.2) is 12.4 Å². The lowest BCUT2D eigenvalue weighted by Crippen LogP contribution is -2.41. The molecule has 2 amide bonds. The second-order valence-electron chi connectivity index (χ2n) is 3.99. The van der Waals surface area contributed by atoms with E-state index >= 15 is 0 Å². The van der Waals surface area contributed by atoms with Crippen LogP contribution >= 0.6 is 0 Å². The van der Waals surface area contributed by atoms with Crippen LogP contribution in [0.1, 0.15) is 11.6 Å². The zero-order valence-electron chi connectivity index (χ0n) is 11.0. The van der Waals surface area contributed by atoms with Crippen LogP contribution in [0, 0.1) is 0 Å². The van der Waals surface area contributed by atoms with Gasteiger partial charge in [0.15, 0.2) is 0 Å². The van der Waals surface area contributed by atoms with Crippen LogP contribution < -0.4 is 16.4 Å². The Morgan fingerprint density at radius 2 is 2.26 bits per heavy atom. The Bertz CT molecular complexity index is 432. The molecular weight excluding hydrogens is 250 g/mol. The van der Waals surface area contributed by atoms with Crippen molar-refractivity contribution in [3.8, 4) is 0 Å². The molecule has 0 radical (unpaired) electrons. The average Bonchev–Trinajstić information content (AvgIpc) is 2.82. The number of amides is 2. The SMILES string of the molecule is COCCNC(=O)CNC(=O)C(N)c1cnn(C)c1. The van der Waals surface area contributed by atoms with Gasteiger partial charge >= 0.3 is 0 Å². The van der Waals surface area contributed by atoms with Crippen molar-refractivity contribution in [1.82, 2.24) is 20.4 Å². The molecule has 8 nitrogen and oxygen atoms in total. The summed E-state index contributed by atoms with van der Waals surface area (Å²) in [5.74, 6) is -0.710. The number of aryl methyl sites for hydroxylation is 1. The Balaban J connectivity index is 2.32. The second-order valence-corrected chi connectivity index (χ2v) is 3.99. The highest BCUT2D eigenvalue weighted by Gasteiger charge is 2.17. The largest absolute Gasteiger partial charge is 0.383 e. The van der Waals surface area contributed by atoms with E-state index in [4.69, 9.17) is 10.5 Å². The maximum absolute atomic E-state index is 11.7. The summed E-state index contributed by atoms with van der Waals surface area (Å²) in [5.41, 5.74) is 6.34. The molecule has 0 aromatic carbocycles. The van der Waals surface area contributed by atoms with Crippen LogP contribution in [0.2, 0.25) is 0 Å². The van der Waals surface area contributed by atoms with Gasteiger partial charge in [0.2, 0.25) is 11.8 Å².